The first-order valence-corrected chi connectivity index (χ1v) is 11.8. The molecule has 8 nitrogen and oxygen atoms in total. The molecular weight excluding hydrogens is 424 g/mol. The lowest BCUT2D eigenvalue weighted by molar-refractivity contribution is -0.134. The van der Waals surface area contributed by atoms with E-state index < -0.39 is 5.60 Å². The third-order valence-electron chi connectivity index (χ3n) is 6.62. The Morgan fingerprint density at radius 1 is 1.18 bits per heavy atom. The third-order valence-corrected chi connectivity index (χ3v) is 6.62. The highest BCUT2D eigenvalue weighted by molar-refractivity contribution is 5.90. The zero-order chi connectivity index (χ0) is 23.8. The molecule has 2 atom stereocenters. The van der Waals surface area contributed by atoms with E-state index in [4.69, 9.17) is 14.2 Å². The Labute approximate surface area is 195 Å². The van der Waals surface area contributed by atoms with Crippen molar-refractivity contribution in [2.45, 2.75) is 59.1 Å². The van der Waals surface area contributed by atoms with Crippen LogP contribution in [0.2, 0.25) is 0 Å². The summed E-state index contributed by atoms with van der Waals surface area (Å²) in [6.07, 6.45) is 2.34. The summed E-state index contributed by atoms with van der Waals surface area (Å²) in [5.41, 5.74) is 0.645. The number of rotatable bonds is 3. The maximum atomic E-state index is 13.4. The Bertz CT molecular complexity index is 939. The van der Waals surface area contributed by atoms with Gasteiger partial charge >= 0.3 is 12.1 Å². The number of amides is 2. The lowest BCUT2D eigenvalue weighted by atomic mass is 9.92. The Balaban J connectivity index is 1.41. The maximum absolute atomic E-state index is 13.4. The second-order valence-electron chi connectivity index (χ2n) is 10.3. The molecule has 1 saturated carbocycles. The highest BCUT2D eigenvalue weighted by Gasteiger charge is 2.60. The number of fused-ring (bicyclic) bond motifs is 1. The van der Waals surface area contributed by atoms with Crippen molar-refractivity contribution in [1.29, 1.82) is 0 Å². The minimum absolute atomic E-state index is 0.0805. The number of hydrogen-bond acceptors (Lipinski definition) is 6. The molecule has 2 amide bonds. The summed E-state index contributed by atoms with van der Waals surface area (Å²) in [6, 6.07) is 5.24. The van der Waals surface area contributed by atoms with E-state index in [1.807, 2.05) is 31.7 Å². The van der Waals surface area contributed by atoms with Crippen LogP contribution in [0.15, 0.2) is 18.2 Å². The fourth-order valence-electron chi connectivity index (χ4n) is 4.91. The first kappa shape index (κ1) is 23.4. The minimum atomic E-state index is -0.535. The van der Waals surface area contributed by atoms with Crippen molar-refractivity contribution >= 4 is 18.0 Å². The zero-order valence-corrected chi connectivity index (χ0v) is 20.0. The molecule has 33 heavy (non-hydrogen) atoms. The molecule has 1 saturated heterocycles. The Morgan fingerprint density at radius 2 is 1.97 bits per heavy atom. The number of hydrogen-bond donors (Lipinski definition) is 0. The molecule has 2 heterocycles. The van der Waals surface area contributed by atoms with Gasteiger partial charge in [-0.25, -0.2) is 9.59 Å². The minimum Gasteiger partial charge on any atom is -0.491 e. The van der Waals surface area contributed by atoms with E-state index in [0.717, 1.165) is 24.8 Å². The lowest BCUT2D eigenvalue weighted by Gasteiger charge is -2.35. The van der Waals surface area contributed by atoms with Crippen LogP contribution in [0, 0.1) is 11.3 Å². The van der Waals surface area contributed by atoms with Crippen LogP contribution in [-0.4, -0.2) is 66.2 Å². The first-order valence-electron chi connectivity index (χ1n) is 11.8. The van der Waals surface area contributed by atoms with Crippen LogP contribution >= 0.6 is 0 Å². The van der Waals surface area contributed by atoms with Gasteiger partial charge in [0, 0.05) is 36.5 Å². The molecule has 1 aromatic carbocycles. The Hall–Kier alpha value is -2.77. The summed E-state index contributed by atoms with van der Waals surface area (Å²) in [7, 11) is 0. The molecule has 1 aliphatic carbocycles. The van der Waals surface area contributed by atoms with Crippen molar-refractivity contribution in [3.05, 3.63) is 29.3 Å². The SMILES string of the molecule is CCOC(=O)c1ccc2c(c1)OCCN(C(=O)C1CC13CCCN(C(=O)OC(C)(C)C)C3)C2. The first-order chi connectivity index (χ1) is 15.6. The van der Waals surface area contributed by atoms with Gasteiger partial charge in [-0.2, -0.15) is 0 Å². The van der Waals surface area contributed by atoms with Gasteiger partial charge in [-0.1, -0.05) is 6.07 Å². The molecule has 0 aromatic heterocycles. The fraction of sp³-hybridized carbons (Fsp3) is 0.640. The molecule has 2 fully saturated rings. The molecule has 1 aromatic rings. The van der Waals surface area contributed by atoms with Crippen LogP contribution in [0.5, 0.6) is 5.75 Å². The van der Waals surface area contributed by atoms with Crippen LogP contribution in [0.4, 0.5) is 4.79 Å². The second kappa shape index (κ2) is 8.88. The predicted octanol–water partition coefficient (Wildman–Crippen LogP) is 3.62. The smallest absolute Gasteiger partial charge is 0.410 e. The fourth-order valence-corrected chi connectivity index (χ4v) is 4.91. The summed E-state index contributed by atoms with van der Waals surface area (Å²) in [4.78, 5) is 41.6. The van der Waals surface area contributed by atoms with Crippen molar-refractivity contribution in [2.24, 2.45) is 11.3 Å². The zero-order valence-electron chi connectivity index (χ0n) is 20.0. The number of benzene rings is 1. The Kier molecular flexibility index (Phi) is 6.29. The molecular formula is C25H34N2O6. The summed E-state index contributed by atoms with van der Waals surface area (Å²) in [5, 5.41) is 0. The van der Waals surface area contributed by atoms with E-state index in [2.05, 4.69) is 0 Å². The van der Waals surface area contributed by atoms with Crippen molar-refractivity contribution in [3.63, 3.8) is 0 Å². The molecule has 2 aliphatic heterocycles. The van der Waals surface area contributed by atoms with Crippen molar-refractivity contribution in [2.75, 3.05) is 32.8 Å². The van der Waals surface area contributed by atoms with Crippen molar-refractivity contribution in [1.82, 2.24) is 9.80 Å². The highest BCUT2D eigenvalue weighted by atomic mass is 16.6. The summed E-state index contributed by atoms with van der Waals surface area (Å²) < 4.78 is 16.5. The van der Waals surface area contributed by atoms with Crippen LogP contribution in [-0.2, 0) is 20.8 Å². The molecule has 2 unspecified atom stereocenters. The topological polar surface area (TPSA) is 85.4 Å². The van der Waals surface area contributed by atoms with Gasteiger partial charge in [0.15, 0.2) is 0 Å². The van der Waals surface area contributed by atoms with Gasteiger partial charge in [0.25, 0.3) is 0 Å². The van der Waals surface area contributed by atoms with Crippen molar-refractivity contribution < 1.29 is 28.6 Å². The van der Waals surface area contributed by atoms with E-state index in [1.54, 1.807) is 24.0 Å². The lowest BCUT2D eigenvalue weighted by Crippen LogP contribution is -2.45. The number of likely N-dealkylation sites (tertiary alicyclic amines) is 1. The van der Waals surface area contributed by atoms with E-state index in [-0.39, 0.29) is 29.3 Å². The van der Waals surface area contributed by atoms with Crippen LogP contribution in [0.25, 0.3) is 0 Å². The van der Waals surface area contributed by atoms with Gasteiger partial charge < -0.3 is 24.0 Å². The second-order valence-corrected chi connectivity index (χ2v) is 10.3. The number of carbonyl (C=O) groups is 3. The number of piperidine rings is 1. The number of ether oxygens (including phenoxy) is 3. The quantitative estimate of drug-likeness (QED) is 0.643. The van der Waals surface area contributed by atoms with Crippen LogP contribution in [0.1, 0.15) is 62.9 Å². The highest BCUT2D eigenvalue weighted by Crippen LogP contribution is 2.58. The van der Waals surface area contributed by atoms with E-state index in [9.17, 15) is 14.4 Å². The summed E-state index contributed by atoms with van der Waals surface area (Å²) in [6.45, 7) is 10.2. The normalized spacial score (nSPS) is 24.4. The van der Waals surface area contributed by atoms with Gasteiger partial charge in [0.2, 0.25) is 5.91 Å². The van der Waals surface area contributed by atoms with Crippen molar-refractivity contribution in [3.8, 4) is 5.75 Å². The van der Waals surface area contributed by atoms with Gasteiger partial charge in [-0.15, -0.1) is 0 Å². The monoisotopic (exact) mass is 458 g/mol. The predicted molar refractivity (Wildman–Crippen MR) is 121 cm³/mol. The number of esters is 1. The van der Waals surface area contributed by atoms with Gasteiger partial charge in [-0.05, 0) is 59.1 Å². The molecule has 180 valence electrons. The van der Waals surface area contributed by atoms with Gasteiger partial charge in [-0.3, -0.25) is 4.79 Å². The molecule has 0 radical (unpaired) electrons. The third kappa shape index (κ3) is 5.09. The largest absolute Gasteiger partial charge is 0.491 e. The molecule has 0 bridgehead atoms. The average Bonchev–Trinajstić information content (AvgIpc) is 3.49. The van der Waals surface area contributed by atoms with E-state index in [0.29, 0.717) is 50.7 Å². The molecule has 1 spiro atoms. The molecule has 0 N–H and O–H groups in total. The number of nitrogens with zero attached hydrogens (tertiary/aromatic N) is 2. The Morgan fingerprint density at radius 3 is 2.70 bits per heavy atom. The molecule has 8 heteroatoms. The maximum Gasteiger partial charge on any atom is 0.410 e. The molecule has 3 aliphatic rings. The van der Waals surface area contributed by atoms with E-state index >= 15 is 0 Å². The average molecular weight is 459 g/mol. The van der Waals surface area contributed by atoms with Gasteiger partial charge in [0.1, 0.15) is 18.0 Å². The molecule has 4 rings (SSSR count). The van der Waals surface area contributed by atoms with Crippen LogP contribution < -0.4 is 4.74 Å². The van der Waals surface area contributed by atoms with Crippen LogP contribution in [0.3, 0.4) is 0 Å². The van der Waals surface area contributed by atoms with E-state index in [1.165, 1.54) is 0 Å². The number of carbonyl (C=O) groups excluding carboxylic acids is 3. The van der Waals surface area contributed by atoms with Gasteiger partial charge in [0.05, 0.1) is 18.7 Å². The standard InChI is InChI=1S/C25H34N2O6/c1-5-31-22(29)17-7-8-18-15-26(11-12-32-20(18)13-17)21(28)19-14-25(19)9-6-10-27(16-25)23(30)33-24(2,3)4/h7-8,13,19H,5-6,9-12,14-16H2,1-4H3. The summed E-state index contributed by atoms with van der Waals surface area (Å²) in [5.74, 6) is 0.276. The summed E-state index contributed by atoms with van der Waals surface area (Å²) >= 11 is 0.